The highest BCUT2D eigenvalue weighted by Crippen LogP contribution is 2.38. The molecule has 29 heavy (non-hydrogen) atoms. The number of ketones is 2. The van der Waals surface area contributed by atoms with Crippen LogP contribution in [0.1, 0.15) is 45.4 Å². The number of fused-ring (bicyclic) bond motifs is 1. The summed E-state index contributed by atoms with van der Waals surface area (Å²) in [5.74, 6) is -1.56. The maximum Gasteiger partial charge on any atom is 0.307 e. The zero-order chi connectivity index (χ0) is 21.3. The van der Waals surface area contributed by atoms with E-state index in [4.69, 9.17) is 16.3 Å². The molecule has 1 unspecified atom stereocenters. The van der Waals surface area contributed by atoms with Gasteiger partial charge in [-0.1, -0.05) is 11.6 Å². The Balaban J connectivity index is 1.60. The molecule has 0 saturated carbocycles. The van der Waals surface area contributed by atoms with Gasteiger partial charge in [0.2, 0.25) is 11.7 Å². The number of anilines is 1. The molecule has 7 nitrogen and oxygen atoms in total. The average Bonchev–Trinajstić information content (AvgIpc) is 2.95. The van der Waals surface area contributed by atoms with Crippen molar-refractivity contribution in [2.24, 2.45) is 0 Å². The fourth-order valence-electron chi connectivity index (χ4n) is 3.24. The van der Waals surface area contributed by atoms with Gasteiger partial charge in [0.15, 0.2) is 12.4 Å². The quantitative estimate of drug-likeness (QED) is 0.530. The van der Waals surface area contributed by atoms with Crippen molar-refractivity contribution in [3.05, 3.63) is 45.7 Å². The van der Waals surface area contributed by atoms with Gasteiger partial charge >= 0.3 is 5.97 Å². The molecule has 1 aromatic heterocycles. The molecule has 1 aromatic carbocycles. The number of nitrogens with one attached hydrogen (secondary N) is 2. The maximum atomic E-state index is 12.4. The van der Waals surface area contributed by atoms with Crippen LogP contribution in [-0.2, 0) is 14.3 Å². The third-order valence-electron chi connectivity index (χ3n) is 4.55. The standard InChI is InChI=1S/C20H19ClN2O5S/c1-9-18(11(3)24)10(2)22-19(9)14(25)8-28-17(26)7-16-20(27)23-13-6-12(21)4-5-15(13)29-16/h4-6,16,22H,7-8H2,1-3H3,(H,23,27). The van der Waals surface area contributed by atoms with Gasteiger partial charge in [0.05, 0.1) is 23.1 Å². The summed E-state index contributed by atoms with van der Waals surface area (Å²) in [5.41, 5.74) is 2.45. The summed E-state index contributed by atoms with van der Waals surface area (Å²) < 4.78 is 5.07. The summed E-state index contributed by atoms with van der Waals surface area (Å²) in [6.07, 6.45) is -0.173. The van der Waals surface area contributed by atoms with Crippen molar-refractivity contribution in [2.75, 3.05) is 11.9 Å². The molecule has 9 heteroatoms. The molecular weight excluding hydrogens is 416 g/mol. The fourth-order valence-corrected chi connectivity index (χ4v) is 4.49. The van der Waals surface area contributed by atoms with Gasteiger partial charge in [0, 0.05) is 21.2 Å². The first kappa shape index (κ1) is 21.1. The molecule has 152 valence electrons. The second-order valence-electron chi connectivity index (χ2n) is 6.71. The Morgan fingerprint density at radius 1 is 1.24 bits per heavy atom. The topological polar surface area (TPSA) is 105 Å². The van der Waals surface area contributed by atoms with Crippen molar-refractivity contribution >= 4 is 52.5 Å². The lowest BCUT2D eigenvalue weighted by atomic mass is 10.1. The smallest absolute Gasteiger partial charge is 0.307 e. The number of ether oxygens (including phenoxy) is 1. The molecule has 3 rings (SSSR count). The summed E-state index contributed by atoms with van der Waals surface area (Å²) in [6.45, 7) is 4.33. The van der Waals surface area contributed by atoms with E-state index in [0.717, 1.165) is 4.90 Å². The van der Waals surface area contributed by atoms with Gasteiger partial charge in [-0.05, 0) is 44.5 Å². The Labute approximate surface area is 176 Å². The number of amides is 1. The molecule has 1 atom stereocenters. The summed E-state index contributed by atoms with van der Waals surface area (Å²) in [5, 5.41) is 2.56. The zero-order valence-corrected chi connectivity index (χ0v) is 17.6. The molecule has 2 heterocycles. The number of hydrogen-bond donors (Lipinski definition) is 2. The van der Waals surface area contributed by atoms with Crippen LogP contribution in [-0.4, -0.2) is 40.3 Å². The number of aromatic amines is 1. The first-order valence-corrected chi connectivity index (χ1v) is 10.1. The molecule has 0 aliphatic carbocycles. The van der Waals surface area contributed by atoms with Crippen LogP contribution < -0.4 is 5.32 Å². The number of aromatic nitrogens is 1. The number of hydrogen-bond acceptors (Lipinski definition) is 6. The minimum atomic E-state index is -0.662. The number of H-pyrrole nitrogens is 1. The lowest BCUT2D eigenvalue weighted by Gasteiger charge is -2.23. The first-order valence-electron chi connectivity index (χ1n) is 8.83. The second kappa shape index (κ2) is 8.42. The summed E-state index contributed by atoms with van der Waals surface area (Å²) in [4.78, 5) is 52.2. The Kier molecular flexibility index (Phi) is 6.14. The largest absolute Gasteiger partial charge is 0.457 e. The number of rotatable bonds is 6. The number of halogens is 1. The van der Waals surface area contributed by atoms with Gasteiger partial charge in [-0.15, -0.1) is 11.8 Å². The van der Waals surface area contributed by atoms with E-state index in [0.29, 0.717) is 27.5 Å². The van der Waals surface area contributed by atoms with Gasteiger partial charge in [0.25, 0.3) is 0 Å². The zero-order valence-electron chi connectivity index (χ0n) is 16.1. The highest BCUT2D eigenvalue weighted by molar-refractivity contribution is 8.01. The third kappa shape index (κ3) is 4.54. The van der Waals surface area contributed by atoms with Crippen LogP contribution in [0.2, 0.25) is 5.02 Å². The summed E-state index contributed by atoms with van der Waals surface area (Å²) in [7, 11) is 0. The van der Waals surface area contributed by atoms with Crippen LogP contribution in [0.25, 0.3) is 0 Å². The number of thioether (sulfide) groups is 1. The van der Waals surface area contributed by atoms with E-state index in [9.17, 15) is 19.2 Å². The van der Waals surface area contributed by atoms with E-state index >= 15 is 0 Å². The summed E-state index contributed by atoms with van der Waals surface area (Å²) in [6, 6.07) is 5.12. The number of carbonyl (C=O) groups is 4. The van der Waals surface area contributed by atoms with Crippen LogP contribution in [0.4, 0.5) is 5.69 Å². The normalized spacial score (nSPS) is 15.4. The fraction of sp³-hybridized carbons (Fsp3) is 0.300. The van der Waals surface area contributed by atoms with Crippen molar-refractivity contribution in [3.8, 4) is 0 Å². The van der Waals surface area contributed by atoms with E-state index in [1.807, 2.05) is 0 Å². The lowest BCUT2D eigenvalue weighted by molar-refractivity contribution is -0.143. The predicted octanol–water partition coefficient (Wildman–Crippen LogP) is 3.72. The second-order valence-corrected chi connectivity index (χ2v) is 8.39. The van der Waals surface area contributed by atoms with Crippen molar-refractivity contribution in [2.45, 2.75) is 37.3 Å². The van der Waals surface area contributed by atoms with E-state index in [-0.39, 0.29) is 23.8 Å². The maximum absolute atomic E-state index is 12.4. The summed E-state index contributed by atoms with van der Waals surface area (Å²) >= 11 is 7.16. The van der Waals surface area contributed by atoms with Crippen molar-refractivity contribution in [1.29, 1.82) is 0 Å². The van der Waals surface area contributed by atoms with Gasteiger partial charge in [0.1, 0.15) is 0 Å². The number of esters is 1. The van der Waals surface area contributed by atoms with Crippen LogP contribution in [0.3, 0.4) is 0 Å². The van der Waals surface area contributed by atoms with Gasteiger partial charge in [-0.2, -0.15) is 0 Å². The molecule has 0 radical (unpaired) electrons. The first-order chi connectivity index (χ1) is 13.7. The Bertz CT molecular complexity index is 1030. The van der Waals surface area contributed by atoms with Crippen molar-refractivity contribution < 1.29 is 23.9 Å². The van der Waals surface area contributed by atoms with E-state index in [2.05, 4.69) is 10.3 Å². The molecule has 2 N–H and O–H groups in total. The van der Waals surface area contributed by atoms with Crippen LogP contribution in [0.15, 0.2) is 23.1 Å². The number of Topliss-reactive ketones (excluding diaryl/α,β-unsaturated/α-hetero) is 2. The number of benzene rings is 1. The average molecular weight is 435 g/mol. The molecule has 0 bridgehead atoms. The minimum absolute atomic E-state index is 0.144. The predicted molar refractivity (Wildman–Crippen MR) is 110 cm³/mol. The van der Waals surface area contributed by atoms with Crippen LogP contribution in [0.5, 0.6) is 0 Å². The van der Waals surface area contributed by atoms with Crippen LogP contribution >= 0.6 is 23.4 Å². The Hall–Kier alpha value is -2.58. The lowest BCUT2D eigenvalue weighted by Crippen LogP contribution is -2.31. The number of aryl methyl sites for hydroxylation is 1. The molecule has 0 saturated heterocycles. The molecular formula is C20H19ClN2O5S. The minimum Gasteiger partial charge on any atom is -0.457 e. The molecule has 1 amide bonds. The van der Waals surface area contributed by atoms with E-state index in [1.54, 1.807) is 32.0 Å². The molecule has 0 fully saturated rings. The van der Waals surface area contributed by atoms with Gasteiger partial charge in [-0.3, -0.25) is 19.2 Å². The molecule has 1 aliphatic heterocycles. The Morgan fingerprint density at radius 2 is 1.97 bits per heavy atom. The monoisotopic (exact) mass is 434 g/mol. The van der Waals surface area contributed by atoms with Gasteiger partial charge in [-0.25, -0.2) is 0 Å². The molecule has 2 aromatic rings. The third-order valence-corrected chi connectivity index (χ3v) is 6.06. The van der Waals surface area contributed by atoms with E-state index in [1.165, 1.54) is 18.7 Å². The highest BCUT2D eigenvalue weighted by atomic mass is 35.5. The van der Waals surface area contributed by atoms with Crippen molar-refractivity contribution in [1.82, 2.24) is 4.98 Å². The Morgan fingerprint density at radius 3 is 2.62 bits per heavy atom. The SMILES string of the molecule is CC(=O)c1c(C)[nH]c(C(=O)COC(=O)CC2Sc3ccc(Cl)cc3NC2=O)c1C. The van der Waals surface area contributed by atoms with Gasteiger partial charge < -0.3 is 15.0 Å². The molecule has 1 aliphatic rings. The van der Waals surface area contributed by atoms with Crippen molar-refractivity contribution in [3.63, 3.8) is 0 Å². The van der Waals surface area contributed by atoms with E-state index < -0.39 is 23.6 Å². The highest BCUT2D eigenvalue weighted by Gasteiger charge is 2.30. The molecule has 0 spiro atoms. The number of carbonyl (C=O) groups excluding carboxylic acids is 4. The van der Waals surface area contributed by atoms with Crippen LogP contribution in [0, 0.1) is 13.8 Å².